The second-order valence-electron chi connectivity index (χ2n) is 4.60. The number of nitrogens with zero attached hydrogens (tertiary/aromatic N) is 2. The summed E-state index contributed by atoms with van der Waals surface area (Å²) in [5, 5.41) is 4.31. The lowest BCUT2D eigenvalue weighted by Crippen LogP contribution is -2.17. The molecule has 2 aromatic rings. The molecule has 0 aliphatic rings. The maximum atomic E-state index is 12.1. The number of alkyl halides is 3. The minimum atomic E-state index is -4.70. The van der Waals surface area contributed by atoms with E-state index in [1.807, 2.05) is 13.8 Å². The van der Waals surface area contributed by atoms with Crippen molar-refractivity contribution in [2.24, 2.45) is 0 Å². The molecule has 0 aliphatic heterocycles. The number of hydrogen-bond donors (Lipinski definition) is 1. The van der Waals surface area contributed by atoms with Gasteiger partial charge in [-0.15, -0.1) is 13.2 Å². The second-order valence-corrected chi connectivity index (χ2v) is 4.60. The Morgan fingerprint density at radius 1 is 1.20 bits per heavy atom. The van der Waals surface area contributed by atoms with E-state index in [9.17, 15) is 13.2 Å². The molecule has 0 saturated carbocycles. The molecular weight excluding hydrogens is 271 g/mol. The van der Waals surface area contributed by atoms with Crippen molar-refractivity contribution in [1.29, 1.82) is 0 Å². The maximum absolute atomic E-state index is 12.1. The van der Waals surface area contributed by atoms with Crippen LogP contribution in [0, 0.1) is 0 Å². The summed E-state index contributed by atoms with van der Waals surface area (Å²) in [5.41, 5.74) is 7.23. The number of rotatable bonds is 3. The van der Waals surface area contributed by atoms with Crippen molar-refractivity contribution in [3.63, 3.8) is 0 Å². The van der Waals surface area contributed by atoms with Crippen LogP contribution in [0.1, 0.15) is 25.5 Å². The highest BCUT2D eigenvalue weighted by atomic mass is 19.4. The van der Waals surface area contributed by atoms with Gasteiger partial charge < -0.3 is 10.5 Å². The first kappa shape index (κ1) is 14.2. The Morgan fingerprint density at radius 2 is 1.80 bits per heavy atom. The highest BCUT2D eigenvalue weighted by Crippen LogP contribution is 2.25. The summed E-state index contributed by atoms with van der Waals surface area (Å²) >= 11 is 0. The normalized spacial score (nSPS) is 11.9. The van der Waals surface area contributed by atoms with Crippen LogP contribution in [0.5, 0.6) is 5.75 Å². The fraction of sp³-hybridized carbons (Fsp3) is 0.308. The molecule has 0 bridgehead atoms. The lowest BCUT2D eigenvalue weighted by molar-refractivity contribution is -0.274. The first-order chi connectivity index (χ1) is 9.26. The Kier molecular flexibility index (Phi) is 3.61. The smallest absolute Gasteiger partial charge is 0.406 e. The molecule has 2 rings (SSSR count). The molecule has 0 fully saturated rings. The van der Waals surface area contributed by atoms with Gasteiger partial charge in [0, 0.05) is 6.07 Å². The van der Waals surface area contributed by atoms with E-state index >= 15 is 0 Å². The Balaban J connectivity index is 2.26. The van der Waals surface area contributed by atoms with Gasteiger partial charge in [-0.05, 0) is 30.2 Å². The predicted octanol–water partition coefficient (Wildman–Crippen LogP) is 3.48. The van der Waals surface area contributed by atoms with Crippen LogP contribution in [-0.4, -0.2) is 16.1 Å². The van der Waals surface area contributed by atoms with Gasteiger partial charge in [0.2, 0.25) is 0 Å². The van der Waals surface area contributed by atoms with E-state index < -0.39 is 6.36 Å². The molecule has 0 saturated heterocycles. The van der Waals surface area contributed by atoms with Crippen molar-refractivity contribution in [3.05, 3.63) is 36.0 Å². The Labute approximate surface area is 114 Å². The molecule has 0 radical (unpaired) electrons. The number of hydrogen-bond acceptors (Lipinski definition) is 3. The van der Waals surface area contributed by atoms with Gasteiger partial charge in [-0.25, -0.2) is 4.68 Å². The van der Waals surface area contributed by atoms with E-state index in [1.54, 1.807) is 6.07 Å². The summed E-state index contributed by atoms with van der Waals surface area (Å²) in [6.07, 6.45) is -4.70. The number of benzene rings is 1. The van der Waals surface area contributed by atoms with Gasteiger partial charge in [-0.2, -0.15) is 5.10 Å². The minimum absolute atomic E-state index is 0.214. The van der Waals surface area contributed by atoms with Crippen LogP contribution < -0.4 is 10.5 Å². The van der Waals surface area contributed by atoms with Crippen LogP contribution in [0.2, 0.25) is 0 Å². The van der Waals surface area contributed by atoms with Crippen LogP contribution in [0.25, 0.3) is 5.69 Å². The average molecular weight is 285 g/mol. The van der Waals surface area contributed by atoms with Gasteiger partial charge in [0.1, 0.15) is 11.6 Å². The van der Waals surface area contributed by atoms with Crippen molar-refractivity contribution in [2.45, 2.75) is 26.1 Å². The zero-order valence-electron chi connectivity index (χ0n) is 11.0. The van der Waals surface area contributed by atoms with Crippen LogP contribution in [0.4, 0.5) is 19.0 Å². The van der Waals surface area contributed by atoms with E-state index in [4.69, 9.17) is 5.73 Å². The van der Waals surface area contributed by atoms with Gasteiger partial charge in [0.15, 0.2) is 0 Å². The molecule has 0 unspecified atom stereocenters. The van der Waals surface area contributed by atoms with Crippen LogP contribution in [0.15, 0.2) is 30.3 Å². The molecule has 1 aromatic heterocycles. The first-order valence-corrected chi connectivity index (χ1v) is 5.98. The van der Waals surface area contributed by atoms with Crippen molar-refractivity contribution in [3.8, 4) is 11.4 Å². The Hall–Kier alpha value is -2.18. The lowest BCUT2D eigenvalue weighted by Gasteiger charge is -2.09. The third kappa shape index (κ3) is 3.23. The molecule has 2 N–H and O–H groups in total. The number of nitrogens with two attached hydrogens (primary N) is 1. The monoisotopic (exact) mass is 285 g/mol. The standard InChI is InChI=1S/C13H14F3N3O/c1-8(2)11-7-12(17)19(18-11)9-3-5-10(6-4-9)20-13(14,15)16/h3-8H,17H2,1-2H3. The molecule has 0 aliphatic carbocycles. The van der Waals surface area contributed by atoms with Crippen LogP contribution in [0.3, 0.4) is 0 Å². The fourth-order valence-corrected chi connectivity index (χ4v) is 1.69. The molecule has 1 heterocycles. The molecular formula is C13H14F3N3O. The summed E-state index contributed by atoms with van der Waals surface area (Å²) in [4.78, 5) is 0. The van der Waals surface area contributed by atoms with E-state index in [1.165, 1.54) is 28.9 Å². The van der Waals surface area contributed by atoms with E-state index in [-0.39, 0.29) is 11.7 Å². The fourth-order valence-electron chi connectivity index (χ4n) is 1.69. The van der Waals surface area contributed by atoms with E-state index in [0.717, 1.165) is 5.69 Å². The number of aromatic nitrogens is 2. The Bertz CT molecular complexity index is 588. The number of ether oxygens (including phenoxy) is 1. The van der Waals surface area contributed by atoms with Crippen LogP contribution in [-0.2, 0) is 0 Å². The number of nitrogen functional groups attached to an aromatic ring is 1. The highest BCUT2D eigenvalue weighted by molar-refractivity contribution is 5.45. The maximum Gasteiger partial charge on any atom is 0.573 e. The molecule has 20 heavy (non-hydrogen) atoms. The number of halogens is 3. The second kappa shape index (κ2) is 5.07. The molecule has 4 nitrogen and oxygen atoms in total. The predicted molar refractivity (Wildman–Crippen MR) is 68.7 cm³/mol. The van der Waals surface area contributed by atoms with Crippen molar-refractivity contribution in [2.75, 3.05) is 5.73 Å². The molecule has 1 aromatic carbocycles. The number of anilines is 1. The first-order valence-electron chi connectivity index (χ1n) is 5.98. The third-order valence-corrected chi connectivity index (χ3v) is 2.66. The van der Waals surface area contributed by atoms with Gasteiger partial charge >= 0.3 is 6.36 Å². The molecule has 0 spiro atoms. The largest absolute Gasteiger partial charge is 0.573 e. The highest BCUT2D eigenvalue weighted by Gasteiger charge is 2.31. The SMILES string of the molecule is CC(C)c1cc(N)n(-c2ccc(OC(F)(F)F)cc2)n1. The molecule has 0 amide bonds. The zero-order valence-corrected chi connectivity index (χ0v) is 11.0. The summed E-state index contributed by atoms with van der Waals surface area (Å²) in [5.74, 6) is 0.362. The molecule has 0 atom stereocenters. The van der Waals surface area contributed by atoms with Crippen molar-refractivity contribution in [1.82, 2.24) is 9.78 Å². The summed E-state index contributed by atoms with van der Waals surface area (Å²) < 4.78 is 41.5. The Morgan fingerprint density at radius 3 is 2.25 bits per heavy atom. The molecule has 7 heteroatoms. The average Bonchev–Trinajstić information content (AvgIpc) is 2.70. The zero-order chi connectivity index (χ0) is 14.9. The van der Waals surface area contributed by atoms with Gasteiger partial charge in [-0.1, -0.05) is 13.8 Å². The quantitative estimate of drug-likeness (QED) is 0.939. The van der Waals surface area contributed by atoms with E-state index in [2.05, 4.69) is 9.84 Å². The van der Waals surface area contributed by atoms with Crippen molar-refractivity contribution < 1.29 is 17.9 Å². The van der Waals surface area contributed by atoms with Gasteiger partial charge in [0.25, 0.3) is 0 Å². The van der Waals surface area contributed by atoms with Gasteiger partial charge in [0.05, 0.1) is 11.4 Å². The minimum Gasteiger partial charge on any atom is -0.406 e. The lowest BCUT2D eigenvalue weighted by atomic mass is 10.1. The van der Waals surface area contributed by atoms with Crippen LogP contribution >= 0.6 is 0 Å². The van der Waals surface area contributed by atoms with Crippen molar-refractivity contribution >= 4 is 5.82 Å². The van der Waals surface area contributed by atoms with Gasteiger partial charge in [-0.3, -0.25) is 0 Å². The summed E-state index contributed by atoms with van der Waals surface area (Å²) in [6, 6.07) is 7.12. The van der Waals surface area contributed by atoms with E-state index in [0.29, 0.717) is 11.5 Å². The third-order valence-electron chi connectivity index (χ3n) is 2.66. The summed E-state index contributed by atoms with van der Waals surface area (Å²) in [7, 11) is 0. The topological polar surface area (TPSA) is 53.1 Å². The summed E-state index contributed by atoms with van der Waals surface area (Å²) in [6.45, 7) is 3.96. The molecule has 108 valence electrons.